The SMILES string of the molecule is COc1ccc(C)cc1N1CC(C(=O)NCCCC(=O)O)CC1=O. The van der Waals surface area contributed by atoms with E-state index in [4.69, 9.17) is 9.84 Å². The summed E-state index contributed by atoms with van der Waals surface area (Å²) in [6.45, 7) is 2.52. The van der Waals surface area contributed by atoms with Crippen molar-refractivity contribution in [2.75, 3.05) is 25.1 Å². The smallest absolute Gasteiger partial charge is 0.303 e. The fourth-order valence-electron chi connectivity index (χ4n) is 2.72. The minimum atomic E-state index is -0.891. The van der Waals surface area contributed by atoms with Gasteiger partial charge in [0.2, 0.25) is 11.8 Å². The monoisotopic (exact) mass is 334 g/mol. The van der Waals surface area contributed by atoms with Gasteiger partial charge in [-0.1, -0.05) is 6.07 Å². The zero-order valence-corrected chi connectivity index (χ0v) is 13.9. The summed E-state index contributed by atoms with van der Waals surface area (Å²) in [5, 5.41) is 11.3. The number of hydrogen-bond donors (Lipinski definition) is 2. The van der Waals surface area contributed by atoms with Gasteiger partial charge in [0.25, 0.3) is 0 Å². The Labute approximate surface area is 140 Å². The Kier molecular flexibility index (Phi) is 5.78. The van der Waals surface area contributed by atoms with Gasteiger partial charge >= 0.3 is 5.97 Å². The number of aliphatic carboxylic acids is 1. The molecule has 2 amide bonds. The lowest BCUT2D eigenvalue weighted by Gasteiger charge is -2.20. The van der Waals surface area contributed by atoms with E-state index in [1.807, 2.05) is 19.1 Å². The van der Waals surface area contributed by atoms with Crippen molar-refractivity contribution < 1.29 is 24.2 Å². The summed E-state index contributed by atoms with van der Waals surface area (Å²) in [6, 6.07) is 5.57. The van der Waals surface area contributed by atoms with E-state index in [-0.39, 0.29) is 24.7 Å². The fourth-order valence-corrected chi connectivity index (χ4v) is 2.72. The van der Waals surface area contributed by atoms with Crippen LogP contribution in [0, 0.1) is 12.8 Å². The van der Waals surface area contributed by atoms with Crippen LogP contribution >= 0.6 is 0 Å². The number of nitrogens with zero attached hydrogens (tertiary/aromatic N) is 1. The predicted molar refractivity (Wildman–Crippen MR) is 88.1 cm³/mol. The molecule has 1 aromatic rings. The van der Waals surface area contributed by atoms with Crippen molar-refractivity contribution in [3.63, 3.8) is 0 Å². The second kappa shape index (κ2) is 7.81. The van der Waals surface area contributed by atoms with E-state index < -0.39 is 11.9 Å². The van der Waals surface area contributed by atoms with Crippen LogP contribution < -0.4 is 15.0 Å². The molecule has 24 heavy (non-hydrogen) atoms. The molecule has 0 aromatic heterocycles. The maximum absolute atomic E-state index is 12.3. The number of carboxylic acid groups (broad SMARTS) is 1. The standard InChI is InChI=1S/C17H22N2O5/c1-11-5-6-14(24-2)13(8-11)19-10-12(9-15(19)20)17(23)18-7-3-4-16(21)22/h5-6,8,12H,3-4,7,9-10H2,1-2H3,(H,18,23)(H,21,22). The Morgan fingerprint density at radius 2 is 2.17 bits per heavy atom. The van der Waals surface area contributed by atoms with Gasteiger partial charge in [-0.05, 0) is 31.0 Å². The second-order valence-corrected chi connectivity index (χ2v) is 5.87. The molecule has 0 saturated carbocycles. The van der Waals surface area contributed by atoms with Gasteiger partial charge in [-0.15, -0.1) is 0 Å². The Morgan fingerprint density at radius 3 is 2.83 bits per heavy atom. The normalized spacial score (nSPS) is 17.0. The molecule has 0 radical (unpaired) electrons. The third kappa shape index (κ3) is 4.24. The van der Waals surface area contributed by atoms with Crippen LogP contribution in [-0.2, 0) is 14.4 Å². The number of carbonyl (C=O) groups excluding carboxylic acids is 2. The molecule has 0 aliphatic carbocycles. The third-order valence-corrected chi connectivity index (χ3v) is 3.99. The van der Waals surface area contributed by atoms with Crippen LogP contribution in [0.4, 0.5) is 5.69 Å². The minimum Gasteiger partial charge on any atom is -0.495 e. The number of methoxy groups -OCH3 is 1. The van der Waals surface area contributed by atoms with Crippen molar-refractivity contribution in [2.24, 2.45) is 5.92 Å². The van der Waals surface area contributed by atoms with Crippen LogP contribution in [0.2, 0.25) is 0 Å². The molecular weight excluding hydrogens is 312 g/mol. The van der Waals surface area contributed by atoms with Crippen LogP contribution in [0.15, 0.2) is 18.2 Å². The number of amides is 2. The van der Waals surface area contributed by atoms with Crippen LogP contribution in [0.25, 0.3) is 0 Å². The van der Waals surface area contributed by atoms with Crippen molar-refractivity contribution >= 4 is 23.5 Å². The molecule has 0 bridgehead atoms. The highest BCUT2D eigenvalue weighted by molar-refractivity contribution is 6.01. The highest BCUT2D eigenvalue weighted by Crippen LogP contribution is 2.33. The topological polar surface area (TPSA) is 95.9 Å². The van der Waals surface area contributed by atoms with E-state index >= 15 is 0 Å². The molecule has 2 rings (SSSR count). The fraction of sp³-hybridized carbons (Fsp3) is 0.471. The molecule has 1 atom stereocenters. The molecule has 1 fully saturated rings. The number of carboxylic acids is 1. The summed E-state index contributed by atoms with van der Waals surface area (Å²) in [6.07, 6.45) is 0.523. The Balaban J connectivity index is 1.99. The van der Waals surface area contributed by atoms with Crippen molar-refractivity contribution in [3.8, 4) is 5.75 Å². The molecule has 7 heteroatoms. The number of carbonyl (C=O) groups is 3. The Hall–Kier alpha value is -2.57. The number of nitrogens with one attached hydrogen (secondary N) is 1. The Morgan fingerprint density at radius 1 is 1.42 bits per heavy atom. The summed E-state index contributed by atoms with van der Waals surface area (Å²) in [7, 11) is 1.54. The number of ether oxygens (including phenoxy) is 1. The second-order valence-electron chi connectivity index (χ2n) is 5.87. The molecule has 1 unspecified atom stereocenters. The van der Waals surface area contributed by atoms with Gasteiger partial charge in [-0.25, -0.2) is 0 Å². The van der Waals surface area contributed by atoms with E-state index in [1.54, 1.807) is 18.1 Å². The number of anilines is 1. The van der Waals surface area contributed by atoms with Gasteiger partial charge in [0.15, 0.2) is 0 Å². The maximum atomic E-state index is 12.3. The maximum Gasteiger partial charge on any atom is 0.303 e. The summed E-state index contributed by atoms with van der Waals surface area (Å²) < 4.78 is 5.31. The largest absolute Gasteiger partial charge is 0.495 e. The van der Waals surface area contributed by atoms with E-state index in [2.05, 4.69) is 5.32 Å². The molecule has 7 nitrogen and oxygen atoms in total. The van der Waals surface area contributed by atoms with E-state index in [0.29, 0.717) is 30.9 Å². The molecule has 1 saturated heterocycles. The lowest BCUT2D eigenvalue weighted by Crippen LogP contribution is -2.33. The first-order valence-electron chi connectivity index (χ1n) is 7.87. The van der Waals surface area contributed by atoms with Crippen LogP contribution in [0.3, 0.4) is 0 Å². The van der Waals surface area contributed by atoms with Gasteiger partial charge in [-0.3, -0.25) is 14.4 Å². The van der Waals surface area contributed by atoms with Gasteiger partial charge in [-0.2, -0.15) is 0 Å². The van der Waals surface area contributed by atoms with Gasteiger partial charge in [0, 0.05) is 25.9 Å². The van der Waals surface area contributed by atoms with Crippen LogP contribution in [-0.4, -0.2) is 43.1 Å². The van der Waals surface area contributed by atoms with Gasteiger partial charge in [0.05, 0.1) is 18.7 Å². The predicted octanol–water partition coefficient (Wildman–Crippen LogP) is 1.34. The van der Waals surface area contributed by atoms with E-state index in [9.17, 15) is 14.4 Å². The summed E-state index contributed by atoms with van der Waals surface area (Å²) in [5.74, 6) is -1.07. The zero-order chi connectivity index (χ0) is 17.7. The summed E-state index contributed by atoms with van der Waals surface area (Å²) in [4.78, 5) is 36.5. The van der Waals surface area contributed by atoms with Crippen molar-refractivity contribution in [2.45, 2.75) is 26.2 Å². The number of aryl methyl sites for hydroxylation is 1. The van der Waals surface area contributed by atoms with Crippen molar-refractivity contribution in [1.29, 1.82) is 0 Å². The third-order valence-electron chi connectivity index (χ3n) is 3.99. The number of benzene rings is 1. The molecule has 0 spiro atoms. The quantitative estimate of drug-likeness (QED) is 0.734. The molecule has 1 aliphatic heterocycles. The Bertz CT molecular complexity index is 644. The zero-order valence-electron chi connectivity index (χ0n) is 13.9. The van der Waals surface area contributed by atoms with E-state index in [0.717, 1.165) is 5.56 Å². The molecule has 2 N–H and O–H groups in total. The molecule has 1 aromatic carbocycles. The van der Waals surface area contributed by atoms with E-state index in [1.165, 1.54) is 0 Å². The number of rotatable bonds is 7. The average Bonchev–Trinajstić information content (AvgIpc) is 2.93. The molecule has 1 heterocycles. The first-order valence-corrected chi connectivity index (χ1v) is 7.87. The van der Waals surface area contributed by atoms with Crippen molar-refractivity contribution in [3.05, 3.63) is 23.8 Å². The first kappa shape index (κ1) is 17.8. The minimum absolute atomic E-state index is 0.0104. The summed E-state index contributed by atoms with van der Waals surface area (Å²) in [5.41, 5.74) is 1.67. The molecular formula is C17H22N2O5. The highest BCUT2D eigenvalue weighted by atomic mass is 16.5. The van der Waals surface area contributed by atoms with Gasteiger partial charge in [0.1, 0.15) is 5.75 Å². The molecule has 1 aliphatic rings. The highest BCUT2D eigenvalue weighted by Gasteiger charge is 2.36. The van der Waals surface area contributed by atoms with Crippen LogP contribution in [0.5, 0.6) is 5.75 Å². The van der Waals surface area contributed by atoms with Crippen LogP contribution in [0.1, 0.15) is 24.8 Å². The lowest BCUT2D eigenvalue weighted by molar-refractivity contribution is -0.137. The first-order chi connectivity index (χ1) is 11.4. The average molecular weight is 334 g/mol. The lowest BCUT2D eigenvalue weighted by atomic mass is 10.1. The van der Waals surface area contributed by atoms with Gasteiger partial charge < -0.3 is 20.1 Å². The summed E-state index contributed by atoms with van der Waals surface area (Å²) >= 11 is 0. The van der Waals surface area contributed by atoms with Crippen molar-refractivity contribution in [1.82, 2.24) is 5.32 Å². The molecule has 130 valence electrons. The number of hydrogen-bond acceptors (Lipinski definition) is 4.